The maximum absolute atomic E-state index is 6.12. The van der Waals surface area contributed by atoms with Crippen LogP contribution >= 0.6 is 0 Å². The largest absolute Gasteiger partial charge is 0.500 e. The zero-order valence-electron chi connectivity index (χ0n) is 36.7. The molecule has 5 nitrogen and oxygen atoms in total. The molecular formula is C54H54IrN4OSi-2. The van der Waals surface area contributed by atoms with Crippen LogP contribution in [0.4, 0.5) is 0 Å². The quantitative estimate of drug-likeness (QED) is 0.107. The van der Waals surface area contributed by atoms with Crippen molar-refractivity contribution in [3.63, 3.8) is 0 Å². The van der Waals surface area contributed by atoms with Crippen molar-refractivity contribution in [2.75, 3.05) is 0 Å². The number of fused-ring (bicyclic) bond motifs is 4. The first-order chi connectivity index (χ1) is 28.9. The molecule has 311 valence electrons. The molecule has 0 aliphatic rings. The van der Waals surface area contributed by atoms with E-state index in [-0.39, 0.29) is 20.1 Å². The van der Waals surface area contributed by atoms with Gasteiger partial charge >= 0.3 is 0 Å². The van der Waals surface area contributed by atoms with E-state index in [1.54, 1.807) is 12.4 Å². The summed E-state index contributed by atoms with van der Waals surface area (Å²) in [5.41, 5.74) is 14.5. The molecule has 4 aromatic heterocycles. The topological polar surface area (TPSA) is 56.7 Å². The number of hydrogen-bond donors (Lipinski definition) is 0. The molecule has 0 amide bonds. The van der Waals surface area contributed by atoms with Crippen LogP contribution in [0.1, 0.15) is 70.1 Å². The van der Waals surface area contributed by atoms with E-state index < -0.39 is 8.07 Å². The standard InChI is InChI=1S/C37H31N2O.C17H23N2Si.Ir/c1-23(2)29-21-27(25-12-6-5-7-13-25)22-30(24(3)4)36(29)39-33-16-10-9-15-32(33)38-37(39)26-18-19-35-31(20-26)28-14-8-11-17-34(28)40-35;1-13(2)10-15-11-16(14-6-8-18-9-7-14)19-12-17(15)20(3,4)5;/h5-17,19-24H,1-4H3;6,8-9,11-13H,10H2,1-5H3;/q2*-1;. The molecule has 9 rings (SSSR count). The predicted octanol–water partition coefficient (Wildman–Crippen LogP) is 14.0. The molecule has 0 bridgehead atoms. The Morgan fingerprint density at radius 3 is 2.05 bits per heavy atom. The number of aromatic nitrogens is 4. The van der Waals surface area contributed by atoms with Crippen LogP contribution < -0.4 is 5.19 Å². The van der Waals surface area contributed by atoms with Crippen molar-refractivity contribution in [3.8, 4) is 39.5 Å². The minimum Gasteiger partial charge on any atom is -0.500 e. The summed E-state index contributed by atoms with van der Waals surface area (Å²) in [6.07, 6.45) is 6.70. The van der Waals surface area contributed by atoms with Gasteiger partial charge in [-0.25, -0.2) is 0 Å². The molecule has 9 aromatic rings. The number of benzene rings is 5. The summed E-state index contributed by atoms with van der Waals surface area (Å²) in [6.45, 7) is 20.8. The number of hydrogen-bond acceptors (Lipinski definition) is 4. The predicted molar refractivity (Wildman–Crippen MR) is 254 cm³/mol. The van der Waals surface area contributed by atoms with E-state index in [0.717, 1.165) is 62.0 Å². The third kappa shape index (κ3) is 9.11. The molecule has 0 unspecified atom stereocenters. The molecule has 4 heterocycles. The molecule has 7 heteroatoms. The van der Waals surface area contributed by atoms with Crippen molar-refractivity contribution in [1.82, 2.24) is 19.5 Å². The maximum Gasteiger partial charge on any atom is 0.120 e. The molecule has 0 aliphatic heterocycles. The molecule has 0 fully saturated rings. The van der Waals surface area contributed by atoms with Crippen molar-refractivity contribution < 1.29 is 24.5 Å². The van der Waals surface area contributed by atoms with Crippen LogP contribution in [0.25, 0.3) is 72.4 Å². The molecule has 5 aromatic carbocycles. The van der Waals surface area contributed by atoms with Gasteiger partial charge in [-0.05, 0) is 100 Å². The Hall–Kier alpha value is -5.46. The number of rotatable bonds is 9. The van der Waals surface area contributed by atoms with E-state index in [1.807, 2.05) is 24.3 Å². The van der Waals surface area contributed by atoms with Gasteiger partial charge in [-0.15, -0.1) is 29.8 Å². The summed E-state index contributed by atoms with van der Waals surface area (Å²) in [5, 5.41) is 3.66. The summed E-state index contributed by atoms with van der Waals surface area (Å²) in [4.78, 5) is 13.9. The number of furan rings is 1. The van der Waals surface area contributed by atoms with Gasteiger partial charge in [-0.2, -0.15) is 11.6 Å². The SMILES string of the molecule is CC(C)Cc1cc(-c2[c-]cncc2)ncc1[Si](C)(C)C.CC(C)c1cc(-c2ccccc2)cc(C(C)C)c1-n1c(-c2[c-]cc3oc4ccccc4c3c2)nc2ccccc21.[Ir]. The number of pyridine rings is 2. The molecule has 1 radical (unpaired) electrons. The molecular weight excluding hydrogens is 941 g/mol. The molecule has 0 spiro atoms. The van der Waals surface area contributed by atoms with E-state index in [4.69, 9.17) is 9.40 Å². The third-order valence-electron chi connectivity index (χ3n) is 11.2. The van der Waals surface area contributed by atoms with Crippen molar-refractivity contribution in [2.45, 2.75) is 79.4 Å². The van der Waals surface area contributed by atoms with Crippen molar-refractivity contribution >= 4 is 46.2 Å². The van der Waals surface area contributed by atoms with Crippen LogP contribution in [0.5, 0.6) is 0 Å². The maximum atomic E-state index is 6.12. The Bertz CT molecular complexity index is 2900. The summed E-state index contributed by atoms with van der Waals surface area (Å²) < 4.78 is 8.48. The molecule has 0 N–H and O–H groups in total. The second kappa shape index (κ2) is 18.3. The first kappa shape index (κ1) is 43.6. The van der Waals surface area contributed by atoms with Gasteiger partial charge in [0.15, 0.2) is 0 Å². The number of imidazole rings is 1. The van der Waals surface area contributed by atoms with Crippen LogP contribution in [-0.2, 0) is 26.5 Å². The molecule has 0 aliphatic carbocycles. The Morgan fingerprint density at radius 2 is 1.38 bits per heavy atom. The number of nitrogens with zero attached hydrogens (tertiary/aromatic N) is 4. The first-order valence-corrected chi connectivity index (χ1v) is 24.7. The Morgan fingerprint density at radius 1 is 0.689 bits per heavy atom. The normalized spacial score (nSPS) is 11.7. The van der Waals surface area contributed by atoms with Crippen LogP contribution in [-0.4, -0.2) is 27.6 Å². The molecule has 0 atom stereocenters. The minimum absolute atomic E-state index is 0. The first-order valence-electron chi connectivity index (χ1n) is 21.2. The van der Waals surface area contributed by atoms with Crippen LogP contribution in [0.2, 0.25) is 19.6 Å². The van der Waals surface area contributed by atoms with E-state index in [2.05, 4.69) is 185 Å². The van der Waals surface area contributed by atoms with Gasteiger partial charge < -0.3 is 14.0 Å². The zero-order chi connectivity index (χ0) is 42.1. The Balaban J connectivity index is 0.000000226. The van der Waals surface area contributed by atoms with Gasteiger partial charge in [0.05, 0.1) is 30.5 Å². The molecule has 61 heavy (non-hydrogen) atoms. The Kier molecular flexibility index (Phi) is 13.1. The van der Waals surface area contributed by atoms with Crippen molar-refractivity contribution in [3.05, 3.63) is 163 Å². The van der Waals surface area contributed by atoms with Gasteiger partial charge in [-0.3, -0.25) is 9.97 Å². The van der Waals surface area contributed by atoms with Crippen LogP contribution in [0, 0.1) is 18.1 Å². The van der Waals surface area contributed by atoms with Gasteiger partial charge in [-0.1, -0.05) is 139 Å². The fourth-order valence-electron chi connectivity index (χ4n) is 8.25. The van der Waals surface area contributed by atoms with E-state index in [9.17, 15) is 0 Å². The third-order valence-corrected chi connectivity index (χ3v) is 13.2. The van der Waals surface area contributed by atoms with Gasteiger partial charge in [0.25, 0.3) is 0 Å². The fourth-order valence-corrected chi connectivity index (χ4v) is 9.84. The van der Waals surface area contributed by atoms with Crippen molar-refractivity contribution in [1.29, 1.82) is 0 Å². The molecule has 0 saturated carbocycles. The second-order valence-electron chi connectivity index (χ2n) is 17.9. The van der Waals surface area contributed by atoms with Gasteiger partial charge in [0.2, 0.25) is 0 Å². The minimum atomic E-state index is -1.35. The fraction of sp³-hybridized carbons (Fsp3) is 0.241. The summed E-state index contributed by atoms with van der Waals surface area (Å²) in [5.74, 6) is 2.18. The summed E-state index contributed by atoms with van der Waals surface area (Å²) in [6, 6.07) is 47.1. The van der Waals surface area contributed by atoms with E-state index in [1.165, 1.54) is 38.7 Å². The summed E-state index contributed by atoms with van der Waals surface area (Å²) in [7, 11) is -1.35. The van der Waals surface area contributed by atoms with Gasteiger partial charge in [0, 0.05) is 37.4 Å². The van der Waals surface area contributed by atoms with Crippen molar-refractivity contribution in [2.24, 2.45) is 5.92 Å². The van der Waals surface area contributed by atoms with E-state index in [0.29, 0.717) is 17.8 Å². The zero-order valence-corrected chi connectivity index (χ0v) is 40.1. The van der Waals surface area contributed by atoms with Crippen LogP contribution in [0.3, 0.4) is 0 Å². The average molecular weight is 995 g/mol. The number of para-hydroxylation sites is 3. The second-order valence-corrected chi connectivity index (χ2v) is 22.9. The Labute approximate surface area is 375 Å². The molecule has 0 saturated heterocycles. The van der Waals surface area contributed by atoms with Crippen LogP contribution in [0.15, 0.2) is 138 Å². The van der Waals surface area contributed by atoms with Gasteiger partial charge in [0.1, 0.15) is 5.58 Å². The monoisotopic (exact) mass is 995 g/mol. The summed E-state index contributed by atoms with van der Waals surface area (Å²) >= 11 is 0. The smallest absolute Gasteiger partial charge is 0.120 e. The van der Waals surface area contributed by atoms with E-state index >= 15 is 0 Å². The average Bonchev–Trinajstić information content (AvgIpc) is 3.82.